The molecule has 5 nitrogen and oxygen atoms in total. The number of phenolic OH excluding ortho intramolecular Hbond substituents is 1. The summed E-state index contributed by atoms with van der Waals surface area (Å²) in [5.41, 5.74) is 10.4. The van der Waals surface area contributed by atoms with Crippen LogP contribution in [0.1, 0.15) is 56.1 Å². The minimum absolute atomic E-state index is 0.183. The summed E-state index contributed by atoms with van der Waals surface area (Å²) in [5.74, 6) is 3.78. The minimum atomic E-state index is 0.183. The fourth-order valence-corrected chi connectivity index (χ4v) is 6.02. The molecule has 1 aromatic heterocycles. The molecular formula is C28H35N3O2S. The van der Waals surface area contributed by atoms with Gasteiger partial charge in [-0.25, -0.2) is 4.98 Å². The lowest BCUT2D eigenvalue weighted by molar-refractivity contribution is 0.299. The smallest absolute Gasteiger partial charge is 0.132 e. The molecule has 6 heteroatoms. The number of allylic oxidation sites excluding steroid dienone is 4. The van der Waals surface area contributed by atoms with E-state index in [0.29, 0.717) is 47.2 Å². The Morgan fingerprint density at radius 1 is 1.26 bits per heavy atom. The van der Waals surface area contributed by atoms with Crippen molar-refractivity contribution in [2.45, 2.75) is 50.7 Å². The van der Waals surface area contributed by atoms with E-state index >= 15 is 0 Å². The molecule has 0 bridgehead atoms. The minimum Gasteiger partial charge on any atom is -0.507 e. The number of nitrogens with one attached hydrogen (secondary N) is 1. The Hall–Kier alpha value is -2.44. The SMILES string of the molecule is CC1CC=CC=C1SCc1c(C2CCCNC2)cc(-c2c(O)cccc2OCC2CC2)nc1N. The molecule has 5 rings (SSSR count). The van der Waals surface area contributed by atoms with Crippen LogP contribution in [0.4, 0.5) is 5.82 Å². The summed E-state index contributed by atoms with van der Waals surface area (Å²) in [6, 6.07) is 7.61. The van der Waals surface area contributed by atoms with Gasteiger partial charge in [-0.1, -0.05) is 31.2 Å². The summed E-state index contributed by atoms with van der Waals surface area (Å²) >= 11 is 1.87. The van der Waals surface area contributed by atoms with E-state index in [1.54, 1.807) is 6.07 Å². The first-order chi connectivity index (χ1) is 16.6. The van der Waals surface area contributed by atoms with Crippen LogP contribution >= 0.6 is 11.8 Å². The van der Waals surface area contributed by atoms with Gasteiger partial charge in [0.15, 0.2) is 0 Å². The molecular weight excluding hydrogens is 442 g/mol. The van der Waals surface area contributed by atoms with Crippen molar-refractivity contribution >= 4 is 17.6 Å². The van der Waals surface area contributed by atoms with Gasteiger partial charge in [-0.05, 0) is 85.1 Å². The number of nitrogens with two attached hydrogens (primary N) is 1. The van der Waals surface area contributed by atoms with Gasteiger partial charge in [-0.2, -0.15) is 0 Å². The molecule has 4 N–H and O–H groups in total. The molecule has 1 saturated heterocycles. The maximum absolute atomic E-state index is 10.8. The number of anilines is 1. The molecule has 180 valence electrons. The van der Waals surface area contributed by atoms with Crippen molar-refractivity contribution in [1.82, 2.24) is 10.3 Å². The van der Waals surface area contributed by atoms with Crippen molar-refractivity contribution in [1.29, 1.82) is 0 Å². The van der Waals surface area contributed by atoms with E-state index in [1.807, 2.05) is 23.9 Å². The predicted octanol–water partition coefficient (Wildman–Crippen LogP) is 6.01. The molecule has 2 fully saturated rings. The van der Waals surface area contributed by atoms with Crippen LogP contribution in [0, 0.1) is 11.8 Å². The number of phenols is 1. The highest BCUT2D eigenvalue weighted by Crippen LogP contribution is 2.42. The number of hydrogen-bond acceptors (Lipinski definition) is 6. The second-order valence-corrected chi connectivity index (χ2v) is 10.9. The first-order valence-corrected chi connectivity index (χ1v) is 13.5. The standard InChI is InChI=1S/C28H35N3O2S/c1-18-6-2-3-10-26(18)34-17-22-21(20-7-5-13-30-15-20)14-23(31-28(22)29)27-24(32)8-4-9-25(27)33-16-19-11-12-19/h2-4,8-10,14,18-20,30,32H,5-7,11-13,15-17H2,1H3,(H2,29,31). The summed E-state index contributed by atoms with van der Waals surface area (Å²) in [5, 5.41) is 14.4. The van der Waals surface area contributed by atoms with E-state index in [-0.39, 0.29) is 5.75 Å². The van der Waals surface area contributed by atoms with E-state index in [0.717, 1.165) is 43.7 Å². The second-order valence-electron chi connectivity index (χ2n) is 9.83. The molecule has 0 amide bonds. The van der Waals surface area contributed by atoms with Gasteiger partial charge in [0, 0.05) is 17.9 Å². The number of aromatic hydroxyl groups is 1. The van der Waals surface area contributed by atoms with Gasteiger partial charge in [-0.3, -0.25) is 0 Å². The van der Waals surface area contributed by atoms with Gasteiger partial charge in [-0.15, -0.1) is 11.8 Å². The molecule has 1 aromatic carbocycles. The zero-order chi connectivity index (χ0) is 23.5. The first-order valence-electron chi connectivity index (χ1n) is 12.5. The van der Waals surface area contributed by atoms with Gasteiger partial charge >= 0.3 is 0 Å². The normalized spacial score (nSPS) is 22.4. The highest BCUT2D eigenvalue weighted by atomic mass is 32.2. The van der Waals surface area contributed by atoms with Crippen LogP contribution in [0.2, 0.25) is 0 Å². The van der Waals surface area contributed by atoms with Crippen LogP contribution in [0.3, 0.4) is 0 Å². The third kappa shape index (κ3) is 5.28. The van der Waals surface area contributed by atoms with E-state index in [2.05, 4.69) is 36.5 Å². The summed E-state index contributed by atoms with van der Waals surface area (Å²) in [7, 11) is 0. The molecule has 1 saturated carbocycles. The number of ether oxygens (including phenoxy) is 1. The fraction of sp³-hybridized carbons (Fsp3) is 0.464. The Balaban J connectivity index is 1.50. The molecule has 2 aliphatic carbocycles. The van der Waals surface area contributed by atoms with Crippen molar-refractivity contribution < 1.29 is 9.84 Å². The zero-order valence-electron chi connectivity index (χ0n) is 19.9. The Labute approximate surface area is 206 Å². The molecule has 0 radical (unpaired) electrons. The second kappa shape index (κ2) is 10.4. The lowest BCUT2D eigenvalue weighted by Gasteiger charge is -2.27. The van der Waals surface area contributed by atoms with Crippen molar-refractivity contribution in [2.24, 2.45) is 11.8 Å². The highest BCUT2D eigenvalue weighted by molar-refractivity contribution is 8.02. The van der Waals surface area contributed by atoms with Crippen molar-refractivity contribution in [3.8, 4) is 22.8 Å². The number of pyridine rings is 1. The topological polar surface area (TPSA) is 80.4 Å². The van der Waals surface area contributed by atoms with Gasteiger partial charge in [0.05, 0.1) is 17.9 Å². The lowest BCUT2D eigenvalue weighted by Crippen LogP contribution is -2.29. The van der Waals surface area contributed by atoms with Gasteiger partial charge in [0.1, 0.15) is 17.3 Å². The maximum Gasteiger partial charge on any atom is 0.132 e. The number of piperidine rings is 1. The number of aromatic nitrogens is 1. The first kappa shape index (κ1) is 23.3. The average Bonchev–Trinajstić information content (AvgIpc) is 3.68. The molecule has 2 atom stereocenters. The fourth-order valence-electron chi connectivity index (χ4n) is 4.84. The van der Waals surface area contributed by atoms with Crippen LogP contribution in [0.15, 0.2) is 47.4 Å². The monoisotopic (exact) mass is 477 g/mol. The number of nitrogens with zero attached hydrogens (tertiary/aromatic N) is 1. The summed E-state index contributed by atoms with van der Waals surface area (Å²) < 4.78 is 6.12. The van der Waals surface area contributed by atoms with Crippen molar-refractivity contribution in [2.75, 3.05) is 25.4 Å². The predicted molar refractivity (Wildman–Crippen MR) is 141 cm³/mol. The number of hydrogen-bond donors (Lipinski definition) is 3. The van der Waals surface area contributed by atoms with E-state index in [9.17, 15) is 5.11 Å². The quantitative estimate of drug-likeness (QED) is 0.432. The lowest BCUT2D eigenvalue weighted by atomic mass is 9.88. The van der Waals surface area contributed by atoms with Gasteiger partial charge in [0.2, 0.25) is 0 Å². The van der Waals surface area contributed by atoms with Crippen LogP contribution in [-0.2, 0) is 5.75 Å². The summed E-state index contributed by atoms with van der Waals surface area (Å²) in [6.07, 6.45) is 12.4. The molecule has 2 unspecified atom stereocenters. The van der Waals surface area contributed by atoms with Crippen LogP contribution in [-0.4, -0.2) is 29.8 Å². The Bertz CT molecular complexity index is 1090. The molecule has 3 aliphatic rings. The average molecular weight is 478 g/mol. The van der Waals surface area contributed by atoms with Gasteiger partial charge in [0.25, 0.3) is 0 Å². The molecule has 2 heterocycles. The van der Waals surface area contributed by atoms with Crippen LogP contribution < -0.4 is 15.8 Å². The molecule has 2 aromatic rings. The zero-order valence-corrected chi connectivity index (χ0v) is 20.7. The van der Waals surface area contributed by atoms with Crippen LogP contribution in [0.5, 0.6) is 11.5 Å². The third-order valence-electron chi connectivity index (χ3n) is 7.11. The maximum atomic E-state index is 10.8. The Morgan fingerprint density at radius 3 is 2.91 bits per heavy atom. The number of thioether (sulfide) groups is 1. The number of nitrogen functional groups attached to an aromatic ring is 1. The Morgan fingerprint density at radius 2 is 2.15 bits per heavy atom. The van der Waals surface area contributed by atoms with E-state index in [1.165, 1.54) is 23.3 Å². The van der Waals surface area contributed by atoms with E-state index in [4.69, 9.17) is 15.5 Å². The molecule has 1 aliphatic heterocycles. The van der Waals surface area contributed by atoms with Gasteiger partial charge < -0.3 is 20.9 Å². The highest BCUT2D eigenvalue weighted by Gasteiger charge is 2.26. The molecule has 34 heavy (non-hydrogen) atoms. The van der Waals surface area contributed by atoms with Crippen molar-refractivity contribution in [3.63, 3.8) is 0 Å². The summed E-state index contributed by atoms with van der Waals surface area (Å²) in [6.45, 7) is 4.96. The largest absolute Gasteiger partial charge is 0.507 e. The third-order valence-corrected chi connectivity index (χ3v) is 8.42. The van der Waals surface area contributed by atoms with E-state index < -0.39 is 0 Å². The summed E-state index contributed by atoms with van der Waals surface area (Å²) in [4.78, 5) is 6.21. The number of rotatable bonds is 8. The number of benzene rings is 1. The van der Waals surface area contributed by atoms with Crippen LogP contribution in [0.25, 0.3) is 11.3 Å². The molecule has 0 spiro atoms. The Kier molecular flexibility index (Phi) is 7.16. The van der Waals surface area contributed by atoms with Crippen molar-refractivity contribution in [3.05, 3.63) is 58.5 Å².